The molecule has 5 nitrogen and oxygen atoms in total. The highest BCUT2D eigenvalue weighted by Gasteiger charge is 2.39. The van der Waals surface area contributed by atoms with Crippen LogP contribution in [0.3, 0.4) is 0 Å². The number of anilines is 2. The summed E-state index contributed by atoms with van der Waals surface area (Å²) in [7, 11) is 0. The molecule has 0 bridgehead atoms. The first kappa shape index (κ1) is 14.3. The van der Waals surface area contributed by atoms with Gasteiger partial charge in [0, 0.05) is 5.69 Å². The van der Waals surface area contributed by atoms with E-state index in [0.29, 0.717) is 5.69 Å². The minimum atomic E-state index is -0.561. The normalized spacial score (nSPS) is 17.9. The van der Waals surface area contributed by atoms with Crippen molar-refractivity contribution in [3.05, 3.63) is 60.2 Å². The van der Waals surface area contributed by atoms with E-state index in [4.69, 9.17) is 0 Å². The number of para-hydroxylation sites is 1. The van der Waals surface area contributed by atoms with Crippen LogP contribution in [0.1, 0.15) is 12.0 Å². The monoisotopic (exact) mass is 295 g/mol. The quantitative estimate of drug-likeness (QED) is 0.671. The van der Waals surface area contributed by atoms with Gasteiger partial charge in [0.15, 0.2) is 0 Å². The lowest BCUT2D eigenvalue weighted by atomic mass is 10.2. The van der Waals surface area contributed by atoms with Crippen molar-refractivity contribution in [1.82, 2.24) is 5.43 Å². The second kappa shape index (κ2) is 5.99. The molecule has 112 valence electrons. The third-order valence-corrected chi connectivity index (χ3v) is 3.60. The van der Waals surface area contributed by atoms with Crippen LogP contribution in [0.5, 0.6) is 0 Å². The Balaban J connectivity index is 1.70. The topological polar surface area (TPSA) is 61.4 Å². The largest absolute Gasteiger partial charge is 0.321 e. The van der Waals surface area contributed by atoms with E-state index in [2.05, 4.69) is 10.9 Å². The van der Waals surface area contributed by atoms with Gasteiger partial charge in [-0.2, -0.15) is 0 Å². The number of nitrogens with one attached hydrogen (secondary N) is 2. The molecule has 5 heteroatoms. The molecule has 2 aromatic rings. The predicted molar refractivity (Wildman–Crippen MR) is 85.3 cm³/mol. The fraction of sp³-hybridized carbons (Fsp3) is 0.176. The van der Waals surface area contributed by atoms with Crippen LogP contribution in [0.25, 0.3) is 0 Å². The highest BCUT2D eigenvalue weighted by atomic mass is 16.2. The SMILES string of the molecule is Cc1ccc(N2C(=O)C[C@H](NNc3ccccc3)C2=O)cc1. The maximum Gasteiger partial charge on any atom is 0.253 e. The average molecular weight is 295 g/mol. The van der Waals surface area contributed by atoms with Gasteiger partial charge in [0.2, 0.25) is 5.91 Å². The average Bonchev–Trinajstić information content (AvgIpc) is 2.82. The molecule has 1 saturated heterocycles. The van der Waals surface area contributed by atoms with Gasteiger partial charge in [-0.05, 0) is 31.2 Å². The number of rotatable bonds is 4. The maximum atomic E-state index is 12.4. The Morgan fingerprint density at radius 1 is 1.00 bits per heavy atom. The number of hydrogen-bond donors (Lipinski definition) is 2. The molecule has 2 aromatic carbocycles. The molecule has 22 heavy (non-hydrogen) atoms. The fourth-order valence-corrected chi connectivity index (χ4v) is 2.40. The van der Waals surface area contributed by atoms with Crippen molar-refractivity contribution in [3.63, 3.8) is 0 Å². The van der Waals surface area contributed by atoms with E-state index < -0.39 is 6.04 Å². The van der Waals surface area contributed by atoms with E-state index in [1.165, 1.54) is 4.90 Å². The summed E-state index contributed by atoms with van der Waals surface area (Å²) in [5.41, 5.74) is 8.44. The fourth-order valence-electron chi connectivity index (χ4n) is 2.40. The number of benzene rings is 2. The number of hydrazine groups is 1. The Bertz CT molecular complexity index is 683. The Kier molecular flexibility index (Phi) is 3.89. The molecule has 2 amide bonds. The van der Waals surface area contributed by atoms with Crippen LogP contribution in [0.2, 0.25) is 0 Å². The Morgan fingerprint density at radius 3 is 2.36 bits per heavy atom. The number of carbonyl (C=O) groups excluding carboxylic acids is 2. The second-order valence-corrected chi connectivity index (χ2v) is 5.30. The van der Waals surface area contributed by atoms with Gasteiger partial charge in [0.25, 0.3) is 5.91 Å². The van der Waals surface area contributed by atoms with E-state index in [-0.39, 0.29) is 18.2 Å². The van der Waals surface area contributed by atoms with E-state index in [0.717, 1.165) is 11.3 Å². The van der Waals surface area contributed by atoms with E-state index in [1.807, 2.05) is 49.4 Å². The number of carbonyl (C=O) groups is 2. The zero-order valence-corrected chi connectivity index (χ0v) is 12.2. The Hall–Kier alpha value is -2.66. The van der Waals surface area contributed by atoms with Crippen LogP contribution in [-0.4, -0.2) is 17.9 Å². The van der Waals surface area contributed by atoms with Crippen LogP contribution < -0.4 is 15.8 Å². The number of aryl methyl sites for hydroxylation is 1. The van der Waals surface area contributed by atoms with Gasteiger partial charge in [-0.15, -0.1) is 0 Å². The van der Waals surface area contributed by atoms with E-state index >= 15 is 0 Å². The Morgan fingerprint density at radius 2 is 1.68 bits per heavy atom. The molecule has 1 aliphatic rings. The van der Waals surface area contributed by atoms with Gasteiger partial charge in [-0.25, -0.2) is 10.3 Å². The molecule has 0 aromatic heterocycles. The highest BCUT2D eigenvalue weighted by Crippen LogP contribution is 2.23. The molecule has 1 heterocycles. The minimum absolute atomic E-state index is 0.145. The third-order valence-electron chi connectivity index (χ3n) is 3.60. The summed E-state index contributed by atoms with van der Waals surface area (Å²) in [6.07, 6.45) is 0.145. The molecule has 1 aliphatic heterocycles. The molecular formula is C17H17N3O2. The lowest BCUT2D eigenvalue weighted by Crippen LogP contribution is -2.41. The molecule has 0 saturated carbocycles. The standard InChI is InChI=1S/C17H17N3O2/c1-12-7-9-14(10-8-12)20-16(21)11-15(17(20)22)19-18-13-5-3-2-4-6-13/h2-10,15,18-19H,11H2,1H3/t15-/m0/s1. The number of amides is 2. The van der Waals surface area contributed by atoms with Gasteiger partial charge in [0.05, 0.1) is 12.1 Å². The first-order chi connectivity index (χ1) is 10.6. The smallest absolute Gasteiger partial charge is 0.253 e. The molecule has 1 atom stereocenters. The Labute approximate surface area is 128 Å². The molecular weight excluding hydrogens is 278 g/mol. The second-order valence-electron chi connectivity index (χ2n) is 5.30. The lowest BCUT2D eigenvalue weighted by Gasteiger charge is -2.16. The molecule has 1 fully saturated rings. The van der Waals surface area contributed by atoms with E-state index in [1.54, 1.807) is 12.1 Å². The number of imide groups is 1. The molecule has 0 aliphatic carbocycles. The zero-order valence-electron chi connectivity index (χ0n) is 12.2. The molecule has 3 rings (SSSR count). The molecule has 0 radical (unpaired) electrons. The van der Waals surface area contributed by atoms with Crippen LogP contribution in [0.4, 0.5) is 11.4 Å². The molecule has 0 spiro atoms. The van der Waals surface area contributed by atoms with Gasteiger partial charge in [-0.1, -0.05) is 35.9 Å². The summed E-state index contributed by atoms with van der Waals surface area (Å²) in [5, 5.41) is 0. The predicted octanol–water partition coefficient (Wildman–Crippen LogP) is 2.24. The van der Waals surface area contributed by atoms with Gasteiger partial charge >= 0.3 is 0 Å². The first-order valence-corrected chi connectivity index (χ1v) is 7.15. The van der Waals surface area contributed by atoms with Crippen molar-refractivity contribution in [1.29, 1.82) is 0 Å². The van der Waals surface area contributed by atoms with Crippen molar-refractivity contribution in [2.45, 2.75) is 19.4 Å². The first-order valence-electron chi connectivity index (χ1n) is 7.15. The van der Waals surface area contributed by atoms with Crippen LogP contribution in [0, 0.1) is 6.92 Å². The van der Waals surface area contributed by atoms with Crippen LogP contribution in [0.15, 0.2) is 54.6 Å². The lowest BCUT2D eigenvalue weighted by molar-refractivity contribution is -0.121. The minimum Gasteiger partial charge on any atom is -0.321 e. The van der Waals surface area contributed by atoms with Gasteiger partial charge in [-0.3, -0.25) is 9.59 Å². The van der Waals surface area contributed by atoms with Gasteiger partial charge in [0.1, 0.15) is 6.04 Å². The molecule has 0 unspecified atom stereocenters. The summed E-state index contributed by atoms with van der Waals surface area (Å²) in [6, 6.07) is 16.3. The van der Waals surface area contributed by atoms with Crippen molar-refractivity contribution < 1.29 is 9.59 Å². The van der Waals surface area contributed by atoms with Crippen molar-refractivity contribution in [2.24, 2.45) is 0 Å². The van der Waals surface area contributed by atoms with Crippen molar-refractivity contribution in [2.75, 3.05) is 10.3 Å². The summed E-state index contributed by atoms with van der Waals surface area (Å²) < 4.78 is 0. The highest BCUT2D eigenvalue weighted by molar-refractivity contribution is 6.22. The van der Waals surface area contributed by atoms with Crippen LogP contribution in [-0.2, 0) is 9.59 Å². The maximum absolute atomic E-state index is 12.4. The van der Waals surface area contributed by atoms with Crippen molar-refractivity contribution >= 4 is 23.2 Å². The number of nitrogens with zero attached hydrogens (tertiary/aromatic N) is 1. The zero-order chi connectivity index (χ0) is 15.5. The summed E-state index contributed by atoms with van der Waals surface area (Å²) in [6.45, 7) is 1.96. The number of hydrogen-bond acceptors (Lipinski definition) is 4. The van der Waals surface area contributed by atoms with Crippen molar-refractivity contribution in [3.8, 4) is 0 Å². The van der Waals surface area contributed by atoms with Crippen LogP contribution >= 0.6 is 0 Å². The summed E-state index contributed by atoms with van der Waals surface area (Å²) >= 11 is 0. The summed E-state index contributed by atoms with van der Waals surface area (Å²) in [5.74, 6) is -0.432. The third kappa shape index (κ3) is 2.84. The molecule has 2 N–H and O–H groups in total. The van der Waals surface area contributed by atoms with E-state index in [9.17, 15) is 9.59 Å². The summed E-state index contributed by atoms with van der Waals surface area (Å²) in [4.78, 5) is 25.8. The van der Waals surface area contributed by atoms with Gasteiger partial charge < -0.3 is 5.43 Å².